The maximum absolute atomic E-state index is 13.2. The molecule has 5 rings (SSSR count). The molecule has 1 aromatic heterocycles. The lowest BCUT2D eigenvalue weighted by Crippen LogP contribution is -2.71. The van der Waals surface area contributed by atoms with Crippen LogP contribution in [0.1, 0.15) is 19.0 Å². The molecule has 4 aliphatic heterocycles. The summed E-state index contributed by atoms with van der Waals surface area (Å²) < 4.78 is 0. The van der Waals surface area contributed by atoms with Gasteiger partial charge in [-0.15, -0.1) is 47.3 Å². The van der Waals surface area contributed by atoms with Crippen molar-refractivity contribution >= 4 is 75.9 Å². The third-order valence-electron chi connectivity index (χ3n) is 6.32. The van der Waals surface area contributed by atoms with Crippen molar-refractivity contribution in [1.29, 1.82) is 0 Å². The Balaban J connectivity index is 0.00000405. The first kappa shape index (κ1) is 31.6. The smallest absolute Gasteiger partial charge is 0.352 e. The molecule has 0 bridgehead atoms. The van der Waals surface area contributed by atoms with Crippen molar-refractivity contribution in [2.24, 2.45) is 10.9 Å². The zero-order valence-corrected chi connectivity index (χ0v) is 25.7. The minimum absolute atomic E-state index is 0. The topological polar surface area (TPSA) is 192 Å². The number of β-lactam (4-membered cyclic amide) rings is 1. The summed E-state index contributed by atoms with van der Waals surface area (Å²) in [5.74, 6) is -0.277. The van der Waals surface area contributed by atoms with Gasteiger partial charge >= 0.3 is 5.97 Å². The number of carboxylic acids is 1. The second-order valence-electron chi connectivity index (χ2n) is 9.00. The highest BCUT2D eigenvalue weighted by atomic mass is 35.5. The second-order valence-corrected chi connectivity index (χ2v) is 12.1. The van der Waals surface area contributed by atoms with E-state index in [1.807, 2.05) is 34.5 Å². The number of fused-ring (bicyclic) bond motifs is 2. The zero-order valence-electron chi connectivity index (χ0n) is 22.4. The van der Waals surface area contributed by atoms with E-state index in [0.717, 1.165) is 34.4 Å². The molecule has 14 nitrogen and oxygen atoms in total. The standard InChI is InChI=1S/C24H29N9O5S3.ClH/c1-2-38-30-17(14-12-41-24(26)27-14)20(34)28-18-21(35)33-19(23(36)37)13(11-40-22(18)33)10-31-7-8-32-16(31)5-4-15(29-32)39-9-3-6-25;/h4-5,7-8,12,18,22,29H,2-3,6,9-11,25H2,1H3,(H2,26,27)(H,28,34)(H,36,37);1H/b30-17-;/t18-,22+;/m1./s1. The van der Waals surface area contributed by atoms with E-state index >= 15 is 0 Å². The lowest BCUT2D eigenvalue weighted by atomic mass is 10.0. The number of hydrazine groups is 1. The molecule has 0 saturated carbocycles. The summed E-state index contributed by atoms with van der Waals surface area (Å²) in [7, 11) is 0. The Morgan fingerprint density at radius 2 is 2.17 bits per heavy atom. The molecule has 2 amide bonds. The van der Waals surface area contributed by atoms with Crippen molar-refractivity contribution in [2.45, 2.75) is 24.8 Å². The van der Waals surface area contributed by atoms with Crippen molar-refractivity contribution < 1.29 is 24.3 Å². The van der Waals surface area contributed by atoms with Crippen LogP contribution >= 0.6 is 47.3 Å². The van der Waals surface area contributed by atoms with E-state index < -0.39 is 29.2 Å². The second kappa shape index (κ2) is 13.7. The van der Waals surface area contributed by atoms with Crippen LogP contribution in [0.2, 0.25) is 0 Å². The van der Waals surface area contributed by atoms with E-state index in [0.29, 0.717) is 17.9 Å². The van der Waals surface area contributed by atoms with Crippen molar-refractivity contribution in [3.05, 3.63) is 57.7 Å². The number of nitrogen functional groups attached to an aromatic ring is 1. The van der Waals surface area contributed by atoms with Gasteiger partial charge in [0.25, 0.3) is 11.8 Å². The van der Waals surface area contributed by atoms with E-state index in [2.05, 4.69) is 20.9 Å². The maximum Gasteiger partial charge on any atom is 0.352 e. The lowest BCUT2D eigenvalue weighted by molar-refractivity contribution is -0.150. The van der Waals surface area contributed by atoms with Gasteiger partial charge in [-0.05, 0) is 37.6 Å². The van der Waals surface area contributed by atoms with Gasteiger partial charge in [-0.2, -0.15) is 0 Å². The number of halogens is 1. The first-order chi connectivity index (χ1) is 19.8. The van der Waals surface area contributed by atoms with Gasteiger partial charge in [0.15, 0.2) is 10.8 Å². The average molecular weight is 656 g/mol. The van der Waals surface area contributed by atoms with Gasteiger partial charge in [-0.3, -0.25) is 19.9 Å². The van der Waals surface area contributed by atoms with Gasteiger partial charge in [0.2, 0.25) is 0 Å². The number of hydrogen-bond acceptors (Lipinski definition) is 14. The summed E-state index contributed by atoms with van der Waals surface area (Å²) in [6.45, 7) is 2.86. The Kier molecular flexibility index (Phi) is 10.3. The Morgan fingerprint density at radius 3 is 2.86 bits per heavy atom. The van der Waals surface area contributed by atoms with Gasteiger partial charge in [0.05, 0.1) is 5.03 Å². The van der Waals surface area contributed by atoms with Crippen LogP contribution in [-0.2, 0) is 19.2 Å². The summed E-state index contributed by atoms with van der Waals surface area (Å²) in [6.07, 6.45) is 8.56. The molecule has 1 saturated heterocycles. The van der Waals surface area contributed by atoms with Crippen LogP contribution in [-0.4, -0.2) is 91.0 Å². The minimum Gasteiger partial charge on any atom is -0.477 e. The van der Waals surface area contributed by atoms with Gasteiger partial charge in [0, 0.05) is 35.8 Å². The van der Waals surface area contributed by atoms with Crippen molar-refractivity contribution in [3.8, 4) is 0 Å². The van der Waals surface area contributed by atoms with E-state index in [-0.39, 0.29) is 47.8 Å². The Bertz CT molecular complexity index is 1390. The monoisotopic (exact) mass is 655 g/mol. The number of carbonyl (C=O) groups is 3. The quantitative estimate of drug-likeness (QED) is 0.0928. The van der Waals surface area contributed by atoms with Crippen molar-refractivity contribution in [2.75, 3.05) is 36.9 Å². The Labute approximate surface area is 260 Å². The molecule has 0 unspecified atom stereocenters. The highest BCUT2D eigenvalue weighted by Gasteiger charge is 2.54. The van der Waals surface area contributed by atoms with Crippen molar-refractivity contribution in [3.63, 3.8) is 0 Å². The fourth-order valence-electron chi connectivity index (χ4n) is 4.44. The normalized spacial score (nSPS) is 21.0. The molecule has 0 aromatic carbocycles. The number of hydrogen-bond donors (Lipinski definition) is 5. The van der Waals surface area contributed by atoms with Gasteiger partial charge in [-0.25, -0.2) is 14.8 Å². The van der Waals surface area contributed by atoms with E-state index in [1.165, 1.54) is 16.7 Å². The molecule has 5 heterocycles. The molecule has 42 heavy (non-hydrogen) atoms. The fourth-order valence-corrected chi connectivity index (χ4v) is 7.19. The highest BCUT2D eigenvalue weighted by molar-refractivity contribution is 8.03. The first-order valence-corrected chi connectivity index (χ1v) is 15.6. The van der Waals surface area contributed by atoms with Crippen LogP contribution in [0.15, 0.2) is 57.2 Å². The largest absolute Gasteiger partial charge is 0.477 e. The number of thiazole rings is 1. The molecule has 1 fully saturated rings. The van der Waals surface area contributed by atoms with Gasteiger partial charge in [0.1, 0.15) is 35.2 Å². The number of carboxylic acid groups (broad SMARTS) is 1. The van der Waals surface area contributed by atoms with Crippen molar-refractivity contribution in [1.82, 2.24) is 30.5 Å². The molecule has 226 valence electrons. The van der Waals surface area contributed by atoms with E-state index in [4.69, 9.17) is 16.3 Å². The zero-order chi connectivity index (χ0) is 29.1. The molecule has 4 aliphatic rings. The van der Waals surface area contributed by atoms with Crippen LogP contribution in [0.5, 0.6) is 0 Å². The number of oxime groups is 1. The summed E-state index contributed by atoms with van der Waals surface area (Å²) in [6, 6.07) is -0.932. The molecule has 0 radical (unpaired) electrons. The average Bonchev–Trinajstić information content (AvgIpc) is 3.57. The fraction of sp³-hybridized carbons (Fsp3) is 0.375. The predicted octanol–water partition coefficient (Wildman–Crippen LogP) is 0.998. The number of nitrogens with two attached hydrogens (primary N) is 2. The van der Waals surface area contributed by atoms with Crippen LogP contribution in [0.25, 0.3) is 0 Å². The van der Waals surface area contributed by atoms with Crippen LogP contribution in [0.4, 0.5) is 5.13 Å². The minimum atomic E-state index is -1.20. The molecule has 18 heteroatoms. The van der Waals surface area contributed by atoms with Gasteiger partial charge < -0.3 is 31.6 Å². The van der Waals surface area contributed by atoms with E-state index in [9.17, 15) is 19.5 Å². The number of rotatable bonds is 12. The first-order valence-electron chi connectivity index (χ1n) is 12.7. The van der Waals surface area contributed by atoms with Gasteiger partial charge in [-0.1, -0.05) is 5.16 Å². The van der Waals surface area contributed by atoms with Crippen LogP contribution < -0.4 is 22.2 Å². The third kappa shape index (κ3) is 6.34. The third-order valence-corrected chi connectivity index (χ3v) is 9.36. The summed E-state index contributed by atoms with van der Waals surface area (Å²) in [5.41, 5.74) is 15.2. The molecule has 7 N–H and O–H groups in total. The Morgan fingerprint density at radius 1 is 1.36 bits per heavy atom. The SMILES string of the molecule is CCO/N=C(\C(=O)N[C@@H]1C(=O)N2C(C(=O)O)=C(CN3C=CN4NC(SCCCN)=CC=C34)CS[C@@H]12)c1csc(N)n1.Cl. The van der Waals surface area contributed by atoms with Crippen LogP contribution in [0.3, 0.4) is 0 Å². The number of thioether (sulfide) groups is 2. The molecule has 0 aliphatic carbocycles. The number of nitrogens with zero attached hydrogens (tertiary/aromatic N) is 5. The number of aliphatic carboxylic acids is 1. The summed E-state index contributed by atoms with van der Waals surface area (Å²) in [4.78, 5) is 51.0. The van der Waals surface area contributed by atoms with Crippen LogP contribution in [0, 0.1) is 0 Å². The predicted molar refractivity (Wildman–Crippen MR) is 165 cm³/mol. The van der Waals surface area contributed by atoms with E-state index in [1.54, 1.807) is 24.1 Å². The molecule has 1 aromatic rings. The summed E-state index contributed by atoms with van der Waals surface area (Å²) >= 11 is 4.20. The lowest BCUT2D eigenvalue weighted by Gasteiger charge is -2.49. The highest BCUT2D eigenvalue weighted by Crippen LogP contribution is 2.41. The number of anilines is 1. The number of aromatic nitrogens is 1. The maximum atomic E-state index is 13.2. The molecule has 2 atom stereocenters. The Hall–Kier alpha value is -3.38. The summed E-state index contributed by atoms with van der Waals surface area (Å²) in [5, 5.41) is 20.7. The number of nitrogens with one attached hydrogen (secondary N) is 2. The number of amides is 2. The number of allylic oxidation sites excluding steroid dienone is 2. The molecular weight excluding hydrogens is 626 g/mol. The molecule has 0 spiro atoms. The molecular formula is C24H30ClN9O5S3. The number of carbonyl (C=O) groups excluding carboxylic acids is 2.